The van der Waals surface area contributed by atoms with Crippen LogP contribution in [0.2, 0.25) is 0 Å². The monoisotopic (exact) mass is 251 g/mol. The molecule has 0 aromatic heterocycles. The van der Waals surface area contributed by atoms with Gasteiger partial charge < -0.3 is 5.73 Å². The molecule has 0 aliphatic heterocycles. The highest BCUT2D eigenvalue weighted by Gasteiger charge is 2.46. The molecule has 18 heavy (non-hydrogen) atoms. The van der Waals surface area contributed by atoms with Gasteiger partial charge in [0, 0.05) is 6.04 Å². The fraction of sp³-hybridized carbons (Fsp3) is 1.00. The van der Waals surface area contributed by atoms with Crippen molar-refractivity contribution in [1.29, 1.82) is 0 Å². The van der Waals surface area contributed by atoms with Crippen molar-refractivity contribution in [2.45, 2.75) is 90.0 Å². The molecule has 0 radical (unpaired) electrons. The number of hydrogen-bond acceptors (Lipinski definition) is 1. The number of rotatable bonds is 10. The molecule has 0 spiro atoms. The summed E-state index contributed by atoms with van der Waals surface area (Å²) in [7, 11) is 0. The third-order valence-electron chi connectivity index (χ3n) is 5.28. The fourth-order valence-electron chi connectivity index (χ4n) is 3.86. The number of fused-ring (bicyclic) bond motifs is 1. The van der Waals surface area contributed by atoms with Crippen LogP contribution in [0.1, 0.15) is 84.0 Å². The zero-order valence-electron chi connectivity index (χ0n) is 12.4. The normalized spacial score (nSPS) is 31.3. The van der Waals surface area contributed by atoms with Gasteiger partial charge in [0.2, 0.25) is 0 Å². The van der Waals surface area contributed by atoms with Crippen LogP contribution in [0.3, 0.4) is 0 Å². The van der Waals surface area contributed by atoms with E-state index >= 15 is 0 Å². The Morgan fingerprint density at radius 3 is 2.00 bits per heavy atom. The minimum Gasteiger partial charge on any atom is -0.327 e. The second-order valence-electron chi connectivity index (χ2n) is 6.91. The van der Waals surface area contributed by atoms with E-state index < -0.39 is 0 Å². The average molecular weight is 251 g/mol. The van der Waals surface area contributed by atoms with Crippen molar-refractivity contribution in [3.63, 3.8) is 0 Å². The quantitative estimate of drug-likeness (QED) is 0.550. The molecule has 2 aliphatic rings. The maximum absolute atomic E-state index is 6.34. The molecule has 1 heteroatoms. The molecule has 1 nitrogen and oxygen atoms in total. The zero-order valence-corrected chi connectivity index (χ0v) is 12.4. The Morgan fingerprint density at radius 2 is 1.39 bits per heavy atom. The van der Waals surface area contributed by atoms with Gasteiger partial charge in [-0.2, -0.15) is 0 Å². The second kappa shape index (κ2) is 7.53. The van der Waals surface area contributed by atoms with E-state index in [9.17, 15) is 0 Å². The predicted octanol–water partition coefficient (Wildman–Crippen LogP) is 4.89. The fourth-order valence-corrected chi connectivity index (χ4v) is 3.86. The van der Waals surface area contributed by atoms with E-state index in [1.54, 1.807) is 0 Å². The Morgan fingerprint density at radius 1 is 0.833 bits per heavy atom. The van der Waals surface area contributed by atoms with Crippen LogP contribution in [0.4, 0.5) is 0 Å². The summed E-state index contributed by atoms with van der Waals surface area (Å²) in [4.78, 5) is 0. The number of unbranched alkanes of at least 4 members (excludes halogenated alkanes) is 7. The van der Waals surface area contributed by atoms with Crippen LogP contribution in [0.25, 0.3) is 0 Å². The van der Waals surface area contributed by atoms with E-state index in [2.05, 4.69) is 6.92 Å². The Bertz CT molecular complexity index is 216. The van der Waals surface area contributed by atoms with Gasteiger partial charge in [0.1, 0.15) is 0 Å². The molecule has 0 saturated heterocycles. The van der Waals surface area contributed by atoms with E-state index in [1.807, 2.05) is 0 Å². The van der Waals surface area contributed by atoms with Crippen molar-refractivity contribution < 1.29 is 0 Å². The van der Waals surface area contributed by atoms with Gasteiger partial charge in [0.25, 0.3) is 0 Å². The molecule has 2 saturated carbocycles. The van der Waals surface area contributed by atoms with Crippen molar-refractivity contribution in [2.75, 3.05) is 0 Å². The van der Waals surface area contributed by atoms with Gasteiger partial charge >= 0.3 is 0 Å². The van der Waals surface area contributed by atoms with Gasteiger partial charge in [0.05, 0.1) is 0 Å². The van der Waals surface area contributed by atoms with Crippen molar-refractivity contribution in [3.8, 4) is 0 Å². The molecule has 3 unspecified atom stereocenters. The number of hydrogen-bond donors (Lipinski definition) is 1. The van der Waals surface area contributed by atoms with E-state index in [0.717, 1.165) is 17.8 Å². The van der Waals surface area contributed by atoms with E-state index in [1.165, 1.54) is 77.0 Å². The largest absolute Gasteiger partial charge is 0.327 e. The van der Waals surface area contributed by atoms with Gasteiger partial charge in [0.15, 0.2) is 0 Å². The summed E-state index contributed by atoms with van der Waals surface area (Å²) in [6, 6.07) is 0.526. The maximum atomic E-state index is 6.34. The van der Waals surface area contributed by atoms with Crippen LogP contribution in [0.15, 0.2) is 0 Å². The first-order valence-corrected chi connectivity index (χ1v) is 8.56. The van der Waals surface area contributed by atoms with Crippen LogP contribution in [-0.4, -0.2) is 6.04 Å². The molecule has 0 bridgehead atoms. The Labute approximate surface area is 114 Å². The first kappa shape index (κ1) is 14.4. The first-order chi connectivity index (χ1) is 8.81. The third-order valence-corrected chi connectivity index (χ3v) is 5.28. The summed E-state index contributed by atoms with van der Waals surface area (Å²) >= 11 is 0. The van der Waals surface area contributed by atoms with Crippen molar-refractivity contribution in [2.24, 2.45) is 23.5 Å². The molecule has 0 heterocycles. The minimum atomic E-state index is 0.526. The van der Waals surface area contributed by atoms with Crippen LogP contribution < -0.4 is 5.73 Å². The molecule has 2 fully saturated rings. The van der Waals surface area contributed by atoms with E-state index in [-0.39, 0.29) is 0 Å². The second-order valence-corrected chi connectivity index (χ2v) is 6.91. The molecule has 0 aromatic carbocycles. The highest BCUT2D eigenvalue weighted by molar-refractivity contribution is 4.98. The zero-order chi connectivity index (χ0) is 12.8. The molecule has 0 aromatic rings. The SMILES string of the molecule is CCCCCCCCCCC(N)C1CC2CC2C1. The lowest BCUT2D eigenvalue weighted by molar-refractivity contribution is 0.366. The summed E-state index contributed by atoms with van der Waals surface area (Å²) in [6.45, 7) is 2.29. The number of nitrogens with two attached hydrogens (primary N) is 1. The molecule has 106 valence electrons. The van der Waals surface area contributed by atoms with Crippen LogP contribution in [0.5, 0.6) is 0 Å². The first-order valence-electron chi connectivity index (χ1n) is 8.56. The molecular weight excluding hydrogens is 218 g/mol. The minimum absolute atomic E-state index is 0.526. The summed E-state index contributed by atoms with van der Waals surface area (Å²) in [6.07, 6.45) is 17.1. The molecule has 2 N–H and O–H groups in total. The standard InChI is InChI=1S/C17H33N/c1-2-3-4-5-6-7-8-9-10-17(18)16-12-14-11-15(14)13-16/h14-17H,2-13,18H2,1H3. The Hall–Kier alpha value is -0.0400. The van der Waals surface area contributed by atoms with Crippen molar-refractivity contribution in [1.82, 2.24) is 0 Å². The average Bonchev–Trinajstić information content (AvgIpc) is 2.99. The summed E-state index contributed by atoms with van der Waals surface area (Å²) < 4.78 is 0. The summed E-state index contributed by atoms with van der Waals surface area (Å²) in [5.74, 6) is 3.08. The van der Waals surface area contributed by atoms with Crippen LogP contribution in [-0.2, 0) is 0 Å². The Kier molecular flexibility index (Phi) is 6.01. The summed E-state index contributed by atoms with van der Waals surface area (Å²) in [5.41, 5.74) is 6.34. The van der Waals surface area contributed by atoms with Gasteiger partial charge in [-0.05, 0) is 43.4 Å². The topological polar surface area (TPSA) is 26.0 Å². The molecule has 3 atom stereocenters. The highest BCUT2D eigenvalue weighted by Crippen LogP contribution is 2.55. The van der Waals surface area contributed by atoms with Crippen LogP contribution in [0, 0.1) is 17.8 Å². The molecule has 2 rings (SSSR count). The maximum Gasteiger partial charge on any atom is 0.00673 e. The predicted molar refractivity (Wildman–Crippen MR) is 79.5 cm³/mol. The van der Waals surface area contributed by atoms with Crippen molar-refractivity contribution >= 4 is 0 Å². The van der Waals surface area contributed by atoms with E-state index in [4.69, 9.17) is 5.73 Å². The third kappa shape index (κ3) is 4.57. The molecule has 0 amide bonds. The van der Waals surface area contributed by atoms with Crippen molar-refractivity contribution in [3.05, 3.63) is 0 Å². The molecule has 2 aliphatic carbocycles. The van der Waals surface area contributed by atoms with Gasteiger partial charge in [-0.1, -0.05) is 58.3 Å². The van der Waals surface area contributed by atoms with Gasteiger partial charge in [-0.25, -0.2) is 0 Å². The lowest BCUT2D eigenvalue weighted by Gasteiger charge is -2.20. The summed E-state index contributed by atoms with van der Waals surface area (Å²) in [5, 5.41) is 0. The van der Waals surface area contributed by atoms with Gasteiger partial charge in [-0.3, -0.25) is 0 Å². The smallest absolute Gasteiger partial charge is 0.00673 e. The van der Waals surface area contributed by atoms with Crippen LogP contribution >= 0.6 is 0 Å². The molecular formula is C17H33N. The Balaban J connectivity index is 1.38. The van der Waals surface area contributed by atoms with Gasteiger partial charge in [-0.15, -0.1) is 0 Å². The lowest BCUT2D eigenvalue weighted by Crippen LogP contribution is -2.29. The lowest BCUT2D eigenvalue weighted by atomic mass is 9.91. The highest BCUT2D eigenvalue weighted by atomic mass is 14.7. The van der Waals surface area contributed by atoms with E-state index in [0.29, 0.717) is 6.04 Å².